The van der Waals surface area contributed by atoms with E-state index in [0.29, 0.717) is 11.8 Å². The second kappa shape index (κ2) is 1.72. The highest BCUT2D eigenvalue weighted by Crippen LogP contribution is 2.33. The van der Waals surface area contributed by atoms with Crippen LogP contribution in [0.2, 0.25) is 0 Å². The van der Waals surface area contributed by atoms with Crippen LogP contribution in [0.1, 0.15) is 19.3 Å². The normalized spacial score (nSPS) is 40.7. The van der Waals surface area contributed by atoms with Gasteiger partial charge in [0, 0.05) is 12.5 Å². The first-order valence-electron chi connectivity index (χ1n) is 3.64. The van der Waals surface area contributed by atoms with Gasteiger partial charge in [-0.25, -0.2) is 0 Å². The number of amides is 1. The molecule has 2 fully saturated rings. The van der Waals surface area contributed by atoms with Gasteiger partial charge in [0.25, 0.3) is 0 Å². The molecule has 1 heterocycles. The highest BCUT2D eigenvalue weighted by molar-refractivity contribution is 5.79. The number of carbonyl (C=O) groups is 1. The highest BCUT2D eigenvalue weighted by Gasteiger charge is 2.33. The summed E-state index contributed by atoms with van der Waals surface area (Å²) in [6.45, 7) is 0.940. The molecule has 1 saturated heterocycles. The molecule has 50 valence electrons. The molecule has 1 saturated carbocycles. The standard InChI is InChI=1S/C7H11NO/c9-7-6-2-1-5(3-6)4-8-7/h5-6H,1-4H2,(H,8,9)/t5-,6-/m0/s1. The van der Waals surface area contributed by atoms with E-state index in [1.165, 1.54) is 6.42 Å². The minimum absolute atomic E-state index is 0.295. The Morgan fingerprint density at radius 1 is 1.44 bits per heavy atom. The lowest BCUT2D eigenvalue weighted by molar-refractivity contribution is -0.126. The Morgan fingerprint density at radius 3 is 3.11 bits per heavy atom. The molecule has 0 aromatic rings. The molecule has 1 aliphatic carbocycles. The van der Waals surface area contributed by atoms with Crippen LogP contribution in [-0.2, 0) is 4.79 Å². The van der Waals surface area contributed by atoms with Crippen molar-refractivity contribution in [3.63, 3.8) is 0 Å². The summed E-state index contributed by atoms with van der Waals surface area (Å²) in [5.41, 5.74) is 0. The topological polar surface area (TPSA) is 29.1 Å². The number of nitrogens with one attached hydrogen (secondary N) is 1. The van der Waals surface area contributed by atoms with Crippen molar-refractivity contribution >= 4 is 5.91 Å². The predicted octanol–water partition coefficient (Wildman–Crippen LogP) is 0.532. The summed E-state index contributed by atoms with van der Waals surface area (Å²) in [5.74, 6) is 1.49. The first-order valence-corrected chi connectivity index (χ1v) is 3.64. The second-order valence-electron chi connectivity index (χ2n) is 3.12. The average Bonchev–Trinajstić information content (AvgIpc) is 2.25. The van der Waals surface area contributed by atoms with Gasteiger partial charge in [-0.1, -0.05) is 0 Å². The van der Waals surface area contributed by atoms with Crippen molar-refractivity contribution in [3.05, 3.63) is 0 Å². The van der Waals surface area contributed by atoms with Gasteiger partial charge in [-0.3, -0.25) is 4.79 Å². The molecule has 2 atom stereocenters. The third-order valence-electron chi connectivity index (χ3n) is 2.48. The van der Waals surface area contributed by atoms with E-state index < -0.39 is 0 Å². The smallest absolute Gasteiger partial charge is 0.223 e. The third-order valence-corrected chi connectivity index (χ3v) is 2.48. The lowest BCUT2D eigenvalue weighted by Gasteiger charge is -2.18. The van der Waals surface area contributed by atoms with E-state index in [4.69, 9.17) is 0 Å². The van der Waals surface area contributed by atoms with Crippen LogP contribution < -0.4 is 5.32 Å². The molecule has 2 heteroatoms. The Bertz CT molecular complexity index is 144. The number of carbonyl (C=O) groups excluding carboxylic acids is 1. The number of rotatable bonds is 0. The van der Waals surface area contributed by atoms with Gasteiger partial charge in [-0.2, -0.15) is 0 Å². The molecule has 9 heavy (non-hydrogen) atoms. The zero-order chi connectivity index (χ0) is 6.27. The van der Waals surface area contributed by atoms with Crippen LogP contribution in [0.5, 0.6) is 0 Å². The fourth-order valence-electron chi connectivity index (χ4n) is 1.89. The Morgan fingerprint density at radius 2 is 2.33 bits per heavy atom. The molecule has 1 aliphatic heterocycles. The second-order valence-corrected chi connectivity index (χ2v) is 3.12. The average molecular weight is 125 g/mol. The van der Waals surface area contributed by atoms with E-state index in [2.05, 4.69) is 5.32 Å². The van der Waals surface area contributed by atoms with Gasteiger partial charge < -0.3 is 5.32 Å². The van der Waals surface area contributed by atoms with E-state index >= 15 is 0 Å². The van der Waals surface area contributed by atoms with Gasteiger partial charge in [0.15, 0.2) is 0 Å². The van der Waals surface area contributed by atoms with Crippen molar-refractivity contribution in [2.75, 3.05) is 6.54 Å². The van der Waals surface area contributed by atoms with Crippen LogP contribution >= 0.6 is 0 Å². The monoisotopic (exact) mass is 125 g/mol. The Hall–Kier alpha value is -0.530. The first-order chi connectivity index (χ1) is 4.36. The lowest BCUT2D eigenvalue weighted by Crippen LogP contribution is -2.36. The van der Waals surface area contributed by atoms with E-state index in [-0.39, 0.29) is 0 Å². The molecule has 0 aromatic carbocycles. The Labute approximate surface area is 54.6 Å². The Kier molecular flexibility index (Phi) is 1.01. The van der Waals surface area contributed by atoms with Gasteiger partial charge >= 0.3 is 0 Å². The van der Waals surface area contributed by atoms with Crippen LogP contribution in [0.4, 0.5) is 0 Å². The van der Waals surface area contributed by atoms with Crippen LogP contribution in [0.15, 0.2) is 0 Å². The number of hydrogen-bond donors (Lipinski definition) is 1. The lowest BCUT2D eigenvalue weighted by atomic mass is 10.0. The van der Waals surface area contributed by atoms with E-state index in [0.717, 1.165) is 25.3 Å². The quantitative estimate of drug-likeness (QED) is 0.502. The predicted molar refractivity (Wildman–Crippen MR) is 33.8 cm³/mol. The zero-order valence-corrected chi connectivity index (χ0v) is 5.39. The minimum atomic E-state index is 0.295. The molecule has 0 spiro atoms. The molecule has 0 aromatic heterocycles. The summed E-state index contributed by atoms with van der Waals surface area (Å²) in [7, 11) is 0. The van der Waals surface area contributed by atoms with Crippen molar-refractivity contribution in [1.82, 2.24) is 5.32 Å². The van der Waals surface area contributed by atoms with Gasteiger partial charge in [-0.15, -0.1) is 0 Å². The van der Waals surface area contributed by atoms with Crippen molar-refractivity contribution < 1.29 is 4.79 Å². The number of piperidine rings is 1. The summed E-state index contributed by atoms with van der Waals surface area (Å²) in [6.07, 6.45) is 3.56. The largest absolute Gasteiger partial charge is 0.356 e. The summed E-state index contributed by atoms with van der Waals surface area (Å²) in [4.78, 5) is 10.9. The number of hydrogen-bond acceptors (Lipinski definition) is 1. The summed E-state index contributed by atoms with van der Waals surface area (Å²) < 4.78 is 0. The number of fused-ring (bicyclic) bond motifs is 2. The Balaban J connectivity index is 2.14. The van der Waals surface area contributed by atoms with Gasteiger partial charge in [0.1, 0.15) is 0 Å². The SMILES string of the molecule is O=C1NC[C@H]2CC[C@H]1C2. The van der Waals surface area contributed by atoms with Crippen LogP contribution in [0, 0.1) is 11.8 Å². The van der Waals surface area contributed by atoms with E-state index in [9.17, 15) is 4.79 Å². The maximum absolute atomic E-state index is 10.9. The minimum Gasteiger partial charge on any atom is -0.356 e. The van der Waals surface area contributed by atoms with Crippen LogP contribution in [0.3, 0.4) is 0 Å². The van der Waals surface area contributed by atoms with Crippen molar-refractivity contribution in [2.45, 2.75) is 19.3 Å². The molecular formula is C7H11NO. The van der Waals surface area contributed by atoms with Gasteiger partial charge in [0.2, 0.25) is 5.91 Å². The van der Waals surface area contributed by atoms with E-state index in [1.807, 2.05) is 0 Å². The molecular weight excluding hydrogens is 114 g/mol. The molecule has 2 rings (SSSR count). The summed E-state index contributed by atoms with van der Waals surface area (Å²) in [6, 6.07) is 0. The molecule has 2 bridgehead atoms. The maximum Gasteiger partial charge on any atom is 0.223 e. The van der Waals surface area contributed by atoms with Crippen LogP contribution in [0.25, 0.3) is 0 Å². The van der Waals surface area contributed by atoms with E-state index in [1.54, 1.807) is 0 Å². The van der Waals surface area contributed by atoms with Crippen molar-refractivity contribution in [1.29, 1.82) is 0 Å². The van der Waals surface area contributed by atoms with Crippen molar-refractivity contribution in [3.8, 4) is 0 Å². The third kappa shape index (κ3) is 0.732. The maximum atomic E-state index is 10.9. The molecule has 0 radical (unpaired) electrons. The molecule has 2 nitrogen and oxygen atoms in total. The van der Waals surface area contributed by atoms with Crippen molar-refractivity contribution in [2.24, 2.45) is 11.8 Å². The highest BCUT2D eigenvalue weighted by atomic mass is 16.1. The van der Waals surface area contributed by atoms with Gasteiger partial charge in [-0.05, 0) is 25.2 Å². The molecule has 1 amide bonds. The zero-order valence-electron chi connectivity index (χ0n) is 5.39. The first kappa shape index (κ1) is 5.27. The molecule has 0 unspecified atom stereocenters. The molecule has 2 aliphatic rings. The summed E-state index contributed by atoms with van der Waals surface area (Å²) >= 11 is 0. The molecule has 1 N–H and O–H groups in total. The summed E-state index contributed by atoms with van der Waals surface area (Å²) in [5, 5.41) is 2.91. The fourth-order valence-corrected chi connectivity index (χ4v) is 1.89. The van der Waals surface area contributed by atoms with Crippen LogP contribution in [-0.4, -0.2) is 12.5 Å². The fraction of sp³-hybridized carbons (Fsp3) is 0.857. The van der Waals surface area contributed by atoms with Gasteiger partial charge in [0.05, 0.1) is 0 Å².